The molecule has 0 aliphatic carbocycles. The molecule has 1 aromatic heterocycles. The summed E-state index contributed by atoms with van der Waals surface area (Å²) in [4.78, 5) is 20.5. The van der Waals surface area contributed by atoms with Gasteiger partial charge in [-0.25, -0.2) is 9.97 Å². The standard InChI is InChI=1S/C14H22N4O2/c1-9(2)13-17-8-11(15)12(18-13)14(19)16-6-5-10-4-3-7-20-10/h8-10H,3-7,15H2,1-2H3,(H,16,19). The Morgan fingerprint density at radius 3 is 3.05 bits per heavy atom. The monoisotopic (exact) mass is 278 g/mol. The molecule has 1 saturated heterocycles. The van der Waals surface area contributed by atoms with Crippen LogP contribution in [-0.2, 0) is 4.74 Å². The number of aromatic nitrogens is 2. The lowest BCUT2D eigenvalue weighted by Gasteiger charge is -2.11. The van der Waals surface area contributed by atoms with Gasteiger partial charge >= 0.3 is 0 Å². The van der Waals surface area contributed by atoms with Gasteiger partial charge in [0.05, 0.1) is 18.0 Å². The number of hydrogen-bond acceptors (Lipinski definition) is 5. The van der Waals surface area contributed by atoms with Crippen molar-refractivity contribution in [2.24, 2.45) is 0 Å². The highest BCUT2D eigenvalue weighted by molar-refractivity contribution is 5.96. The van der Waals surface area contributed by atoms with Crippen molar-refractivity contribution < 1.29 is 9.53 Å². The molecular weight excluding hydrogens is 256 g/mol. The van der Waals surface area contributed by atoms with E-state index >= 15 is 0 Å². The Balaban J connectivity index is 1.92. The van der Waals surface area contributed by atoms with Gasteiger partial charge in [0.2, 0.25) is 0 Å². The molecule has 0 aromatic carbocycles. The first-order valence-electron chi connectivity index (χ1n) is 7.10. The molecule has 1 unspecified atom stereocenters. The van der Waals surface area contributed by atoms with Crippen molar-refractivity contribution in [3.63, 3.8) is 0 Å². The molecule has 0 bridgehead atoms. The van der Waals surface area contributed by atoms with Crippen molar-refractivity contribution in [3.05, 3.63) is 17.7 Å². The Bertz CT molecular complexity index is 470. The van der Waals surface area contributed by atoms with Crippen LogP contribution in [0.1, 0.15) is 55.3 Å². The number of nitrogens with two attached hydrogens (primary N) is 1. The molecule has 1 atom stereocenters. The number of nitrogens with zero attached hydrogens (tertiary/aromatic N) is 2. The van der Waals surface area contributed by atoms with Gasteiger partial charge in [-0.1, -0.05) is 13.8 Å². The van der Waals surface area contributed by atoms with Crippen LogP contribution in [0, 0.1) is 0 Å². The third-order valence-corrected chi connectivity index (χ3v) is 3.34. The predicted molar refractivity (Wildman–Crippen MR) is 76.5 cm³/mol. The van der Waals surface area contributed by atoms with Crippen molar-refractivity contribution in [2.75, 3.05) is 18.9 Å². The second-order valence-electron chi connectivity index (χ2n) is 5.37. The summed E-state index contributed by atoms with van der Waals surface area (Å²) in [7, 11) is 0. The zero-order valence-corrected chi connectivity index (χ0v) is 12.1. The molecule has 1 aliphatic rings. The van der Waals surface area contributed by atoms with E-state index in [-0.39, 0.29) is 23.6 Å². The number of ether oxygens (including phenoxy) is 1. The molecule has 2 heterocycles. The maximum absolute atomic E-state index is 12.1. The topological polar surface area (TPSA) is 90.1 Å². The summed E-state index contributed by atoms with van der Waals surface area (Å²) in [6, 6.07) is 0. The largest absolute Gasteiger partial charge is 0.396 e. The molecule has 110 valence electrons. The molecule has 3 N–H and O–H groups in total. The lowest BCUT2D eigenvalue weighted by Crippen LogP contribution is -2.29. The summed E-state index contributed by atoms with van der Waals surface area (Å²) in [5.41, 5.74) is 6.34. The normalized spacial score (nSPS) is 18.4. The molecule has 0 spiro atoms. The quantitative estimate of drug-likeness (QED) is 0.851. The second kappa shape index (κ2) is 6.65. The zero-order valence-electron chi connectivity index (χ0n) is 12.1. The number of nitrogen functional groups attached to an aromatic ring is 1. The molecule has 0 radical (unpaired) electrons. The molecule has 1 fully saturated rings. The van der Waals surface area contributed by atoms with Crippen LogP contribution in [0.25, 0.3) is 0 Å². The van der Waals surface area contributed by atoms with Gasteiger partial charge in [-0.2, -0.15) is 0 Å². The molecule has 1 amide bonds. The molecule has 1 aliphatic heterocycles. The van der Waals surface area contributed by atoms with Crippen LogP contribution in [0.15, 0.2) is 6.20 Å². The van der Waals surface area contributed by atoms with Crippen LogP contribution < -0.4 is 11.1 Å². The molecule has 1 aromatic rings. The van der Waals surface area contributed by atoms with E-state index in [1.54, 1.807) is 0 Å². The van der Waals surface area contributed by atoms with Crippen molar-refractivity contribution in [2.45, 2.75) is 45.1 Å². The van der Waals surface area contributed by atoms with Crippen molar-refractivity contribution >= 4 is 11.6 Å². The first-order valence-corrected chi connectivity index (χ1v) is 7.10. The maximum Gasteiger partial charge on any atom is 0.272 e. The van der Waals surface area contributed by atoms with Crippen LogP contribution in [-0.4, -0.2) is 35.1 Å². The van der Waals surface area contributed by atoms with Crippen molar-refractivity contribution in [1.29, 1.82) is 0 Å². The fraction of sp³-hybridized carbons (Fsp3) is 0.643. The van der Waals surface area contributed by atoms with Gasteiger partial charge in [-0.3, -0.25) is 4.79 Å². The third kappa shape index (κ3) is 3.66. The minimum atomic E-state index is -0.246. The van der Waals surface area contributed by atoms with E-state index in [4.69, 9.17) is 10.5 Å². The second-order valence-corrected chi connectivity index (χ2v) is 5.37. The summed E-state index contributed by atoms with van der Waals surface area (Å²) in [5.74, 6) is 0.544. The van der Waals surface area contributed by atoms with E-state index in [2.05, 4.69) is 15.3 Å². The van der Waals surface area contributed by atoms with Gasteiger partial charge in [-0.15, -0.1) is 0 Å². The van der Waals surface area contributed by atoms with Gasteiger partial charge in [0.1, 0.15) is 5.82 Å². The Morgan fingerprint density at radius 1 is 1.60 bits per heavy atom. The van der Waals surface area contributed by atoms with E-state index in [0.717, 1.165) is 25.9 Å². The number of carbonyl (C=O) groups excluding carboxylic acids is 1. The fourth-order valence-electron chi connectivity index (χ4n) is 2.17. The highest BCUT2D eigenvalue weighted by atomic mass is 16.5. The van der Waals surface area contributed by atoms with Crippen molar-refractivity contribution in [1.82, 2.24) is 15.3 Å². The molecule has 0 saturated carbocycles. The van der Waals surface area contributed by atoms with Crippen LogP contribution in [0.3, 0.4) is 0 Å². The van der Waals surface area contributed by atoms with Gasteiger partial charge in [0, 0.05) is 19.1 Å². The molecule has 20 heavy (non-hydrogen) atoms. The predicted octanol–water partition coefficient (Wildman–Crippen LogP) is 1.48. The summed E-state index contributed by atoms with van der Waals surface area (Å²) in [5, 5.41) is 2.84. The minimum absolute atomic E-state index is 0.161. The van der Waals surface area contributed by atoms with Gasteiger partial charge < -0.3 is 15.8 Å². The van der Waals surface area contributed by atoms with Crippen molar-refractivity contribution in [3.8, 4) is 0 Å². The van der Waals surface area contributed by atoms with E-state index in [0.29, 0.717) is 18.1 Å². The number of amides is 1. The number of anilines is 1. The number of rotatable bonds is 5. The SMILES string of the molecule is CC(C)c1ncc(N)c(C(=O)NCCC2CCCO2)n1. The zero-order chi connectivity index (χ0) is 14.5. The summed E-state index contributed by atoms with van der Waals surface area (Å²) < 4.78 is 5.51. The average Bonchev–Trinajstić information content (AvgIpc) is 2.92. The lowest BCUT2D eigenvalue weighted by atomic mass is 10.2. The van der Waals surface area contributed by atoms with E-state index < -0.39 is 0 Å². The number of nitrogens with one attached hydrogen (secondary N) is 1. The molecule has 6 nitrogen and oxygen atoms in total. The number of carbonyl (C=O) groups is 1. The van der Waals surface area contributed by atoms with Crippen LogP contribution in [0.4, 0.5) is 5.69 Å². The summed E-state index contributed by atoms with van der Waals surface area (Å²) >= 11 is 0. The van der Waals surface area contributed by atoms with E-state index in [9.17, 15) is 4.79 Å². The third-order valence-electron chi connectivity index (χ3n) is 3.34. The Hall–Kier alpha value is -1.69. The fourth-order valence-corrected chi connectivity index (χ4v) is 2.17. The van der Waals surface area contributed by atoms with Gasteiger partial charge in [-0.05, 0) is 19.3 Å². The highest BCUT2D eigenvalue weighted by Gasteiger charge is 2.17. The Labute approximate surface area is 119 Å². The first kappa shape index (κ1) is 14.7. The Kier molecular flexibility index (Phi) is 4.89. The molecular formula is C14H22N4O2. The van der Waals surface area contributed by atoms with Crippen LogP contribution >= 0.6 is 0 Å². The lowest BCUT2D eigenvalue weighted by molar-refractivity contribution is 0.0903. The molecule has 6 heteroatoms. The smallest absolute Gasteiger partial charge is 0.272 e. The highest BCUT2D eigenvalue weighted by Crippen LogP contribution is 2.15. The minimum Gasteiger partial charge on any atom is -0.396 e. The summed E-state index contributed by atoms with van der Waals surface area (Å²) in [6.45, 7) is 5.36. The van der Waals surface area contributed by atoms with Crippen LogP contribution in [0.5, 0.6) is 0 Å². The van der Waals surface area contributed by atoms with Gasteiger partial charge in [0.15, 0.2) is 5.69 Å². The first-order chi connectivity index (χ1) is 9.58. The maximum atomic E-state index is 12.1. The number of hydrogen-bond donors (Lipinski definition) is 2. The van der Waals surface area contributed by atoms with Crippen LogP contribution in [0.2, 0.25) is 0 Å². The Morgan fingerprint density at radius 2 is 2.40 bits per heavy atom. The molecule has 2 rings (SSSR count). The van der Waals surface area contributed by atoms with E-state index in [1.165, 1.54) is 6.20 Å². The van der Waals surface area contributed by atoms with Gasteiger partial charge in [0.25, 0.3) is 5.91 Å². The summed E-state index contributed by atoms with van der Waals surface area (Å²) in [6.07, 6.45) is 4.77. The average molecular weight is 278 g/mol. The van der Waals surface area contributed by atoms with E-state index in [1.807, 2.05) is 13.8 Å².